The molecule has 0 radical (unpaired) electrons. The molecule has 0 bridgehead atoms. The molecule has 4 aromatic rings. The monoisotopic (exact) mass is 460 g/mol. The summed E-state index contributed by atoms with van der Waals surface area (Å²) in [6.07, 6.45) is 4.15. The Kier molecular flexibility index (Phi) is 6.67. The number of nitrogens with one attached hydrogen (secondary N) is 2. The molecule has 1 unspecified atom stereocenters. The summed E-state index contributed by atoms with van der Waals surface area (Å²) >= 11 is 1.45. The molecular weight excluding hydrogens is 432 g/mol. The van der Waals surface area contributed by atoms with Gasteiger partial charge in [-0.2, -0.15) is 0 Å². The molecule has 0 spiro atoms. The number of anilines is 1. The molecule has 170 valence electrons. The lowest BCUT2D eigenvalue weighted by Gasteiger charge is -2.20. The molecule has 1 atom stereocenters. The number of carbonyl (C=O) groups excluding carboxylic acids is 1. The van der Waals surface area contributed by atoms with Crippen LogP contribution in [0, 0.1) is 0 Å². The number of aromatic nitrogens is 3. The van der Waals surface area contributed by atoms with E-state index in [2.05, 4.69) is 27.8 Å². The van der Waals surface area contributed by atoms with Crippen molar-refractivity contribution in [2.24, 2.45) is 5.73 Å². The average Bonchev–Trinajstić information content (AvgIpc) is 3.22. The molecule has 7 nitrogen and oxygen atoms in total. The molecule has 3 heterocycles. The second kappa shape index (κ2) is 9.64. The van der Waals surface area contributed by atoms with Crippen LogP contribution >= 0.6 is 11.3 Å². The highest BCUT2D eigenvalue weighted by molar-refractivity contribution is 7.18. The molecule has 3 aromatic heterocycles. The topological polar surface area (TPSA) is 106 Å². The van der Waals surface area contributed by atoms with Crippen molar-refractivity contribution in [3.63, 3.8) is 0 Å². The second-order valence-corrected chi connectivity index (χ2v) is 9.87. The van der Waals surface area contributed by atoms with Crippen molar-refractivity contribution >= 4 is 33.3 Å². The van der Waals surface area contributed by atoms with Crippen molar-refractivity contribution in [2.45, 2.75) is 38.8 Å². The Hall–Kier alpha value is -3.36. The summed E-state index contributed by atoms with van der Waals surface area (Å²) in [7, 11) is 0. The third-order valence-corrected chi connectivity index (χ3v) is 5.94. The van der Waals surface area contributed by atoms with E-state index in [-0.39, 0.29) is 17.5 Å². The van der Waals surface area contributed by atoms with E-state index in [1.165, 1.54) is 16.9 Å². The Morgan fingerprint density at radius 3 is 2.52 bits per heavy atom. The highest BCUT2D eigenvalue weighted by Crippen LogP contribution is 2.32. The summed E-state index contributed by atoms with van der Waals surface area (Å²) in [5.41, 5.74) is 9.23. The van der Waals surface area contributed by atoms with Gasteiger partial charge in [0, 0.05) is 41.5 Å². The number of rotatable bonds is 7. The minimum absolute atomic E-state index is 0.0922. The number of carbonyl (C=O) groups is 1. The smallest absolute Gasteiger partial charge is 0.254 e. The van der Waals surface area contributed by atoms with Crippen LogP contribution in [0.25, 0.3) is 21.6 Å². The van der Waals surface area contributed by atoms with Crippen LogP contribution in [-0.4, -0.2) is 39.0 Å². The van der Waals surface area contributed by atoms with E-state index >= 15 is 0 Å². The fourth-order valence-electron chi connectivity index (χ4n) is 3.45. The molecule has 0 aliphatic heterocycles. The largest absolute Gasteiger partial charge is 0.367 e. The molecule has 1 aromatic carbocycles. The number of pyridine rings is 1. The molecule has 0 saturated heterocycles. The highest BCUT2D eigenvalue weighted by Gasteiger charge is 2.22. The normalized spacial score (nSPS) is 12.5. The highest BCUT2D eigenvalue weighted by atomic mass is 32.1. The summed E-state index contributed by atoms with van der Waals surface area (Å²) in [4.78, 5) is 26.6. The zero-order valence-electron chi connectivity index (χ0n) is 19.0. The van der Waals surface area contributed by atoms with Gasteiger partial charge in [-0.1, -0.05) is 30.3 Å². The van der Waals surface area contributed by atoms with E-state index in [4.69, 9.17) is 15.7 Å². The maximum Gasteiger partial charge on any atom is 0.254 e. The summed E-state index contributed by atoms with van der Waals surface area (Å²) in [5, 5.41) is 8.27. The van der Waals surface area contributed by atoms with Crippen LogP contribution < -0.4 is 16.4 Å². The summed E-state index contributed by atoms with van der Waals surface area (Å²) < 4.78 is 0.832. The number of nitrogens with two attached hydrogens (primary N) is 1. The average molecular weight is 461 g/mol. The van der Waals surface area contributed by atoms with Gasteiger partial charge in [0.2, 0.25) is 0 Å². The van der Waals surface area contributed by atoms with Crippen LogP contribution in [0.4, 0.5) is 5.82 Å². The zero-order chi connectivity index (χ0) is 23.4. The second-order valence-electron chi connectivity index (χ2n) is 8.99. The first kappa shape index (κ1) is 22.8. The predicted octanol–water partition coefficient (Wildman–Crippen LogP) is 4.26. The molecule has 0 aliphatic rings. The first-order chi connectivity index (χ1) is 15.8. The number of fused-ring (bicyclic) bond motifs is 1. The lowest BCUT2D eigenvalue weighted by Crippen LogP contribution is -2.40. The van der Waals surface area contributed by atoms with Crippen LogP contribution in [0.3, 0.4) is 0 Å². The first-order valence-electron chi connectivity index (χ1n) is 10.9. The number of amides is 1. The fourth-order valence-corrected chi connectivity index (χ4v) is 4.41. The maximum atomic E-state index is 12.9. The summed E-state index contributed by atoms with van der Waals surface area (Å²) in [6.45, 7) is 6.41. The van der Waals surface area contributed by atoms with Gasteiger partial charge < -0.3 is 16.4 Å². The lowest BCUT2D eigenvalue weighted by molar-refractivity contribution is 0.0921. The van der Waals surface area contributed by atoms with Crippen LogP contribution in [0.15, 0.2) is 60.2 Å². The van der Waals surface area contributed by atoms with Gasteiger partial charge in [-0.3, -0.25) is 9.78 Å². The van der Waals surface area contributed by atoms with E-state index in [9.17, 15) is 4.79 Å². The molecule has 33 heavy (non-hydrogen) atoms. The van der Waals surface area contributed by atoms with E-state index in [0.717, 1.165) is 16.7 Å². The van der Waals surface area contributed by atoms with E-state index < -0.39 is 0 Å². The molecule has 0 saturated carbocycles. The van der Waals surface area contributed by atoms with Crippen molar-refractivity contribution in [3.8, 4) is 11.4 Å². The van der Waals surface area contributed by atoms with Crippen molar-refractivity contribution in [2.75, 3.05) is 11.9 Å². The van der Waals surface area contributed by atoms with E-state index in [0.29, 0.717) is 29.3 Å². The van der Waals surface area contributed by atoms with Gasteiger partial charge in [0.1, 0.15) is 11.3 Å². The number of benzene rings is 1. The van der Waals surface area contributed by atoms with E-state index in [1.54, 1.807) is 12.4 Å². The van der Waals surface area contributed by atoms with Crippen molar-refractivity contribution in [3.05, 3.63) is 71.4 Å². The standard InChI is InChI=1S/C25H28N6OS/c1-25(2,3)31-24(32)19-15-33-21-20(19)29-22(17-9-11-27-12-10-17)30-23(21)28-14-18(26)13-16-7-5-4-6-8-16/h4-12,15,18H,13-14,26H2,1-3H3,(H,31,32)(H,28,29,30). The molecule has 4 rings (SSSR count). The SMILES string of the molecule is CC(C)(C)NC(=O)c1csc2c(NCC(N)Cc3ccccc3)nc(-c3ccncc3)nc12. The zero-order valence-corrected chi connectivity index (χ0v) is 19.8. The van der Waals surface area contributed by atoms with Gasteiger partial charge in [-0.15, -0.1) is 11.3 Å². The van der Waals surface area contributed by atoms with Gasteiger partial charge in [-0.05, 0) is 44.9 Å². The molecule has 0 aliphatic carbocycles. The Morgan fingerprint density at radius 1 is 1.09 bits per heavy atom. The van der Waals surface area contributed by atoms with Gasteiger partial charge in [-0.25, -0.2) is 9.97 Å². The van der Waals surface area contributed by atoms with Gasteiger partial charge >= 0.3 is 0 Å². The maximum absolute atomic E-state index is 12.9. The number of hydrogen-bond acceptors (Lipinski definition) is 7. The Morgan fingerprint density at radius 2 is 1.82 bits per heavy atom. The van der Waals surface area contributed by atoms with Crippen LogP contribution in [0.1, 0.15) is 36.7 Å². The number of nitrogens with zero attached hydrogens (tertiary/aromatic N) is 3. The lowest BCUT2D eigenvalue weighted by atomic mass is 10.1. The van der Waals surface area contributed by atoms with Crippen molar-refractivity contribution < 1.29 is 4.79 Å². The summed E-state index contributed by atoms with van der Waals surface area (Å²) in [5.74, 6) is 1.06. The van der Waals surface area contributed by atoms with Gasteiger partial charge in [0.25, 0.3) is 5.91 Å². The van der Waals surface area contributed by atoms with Crippen LogP contribution in [0.2, 0.25) is 0 Å². The molecule has 8 heteroatoms. The van der Waals surface area contributed by atoms with Crippen molar-refractivity contribution in [1.82, 2.24) is 20.3 Å². The molecule has 0 fully saturated rings. The first-order valence-corrected chi connectivity index (χ1v) is 11.7. The third-order valence-electron chi connectivity index (χ3n) is 4.96. The van der Waals surface area contributed by atoms with Crippen LogP contribution in [0.5, 0.6) is 0 Å². The number of hydrogen-bond donors (Lipinski definition) is 3. The third kappa shape index (κ3) is 5.71. The van der Waals surface area contributed by atoms with Crippen LogP contribution in [-0.2, 0) is 6.42 Å². The predicted molar refractivity (Wildman–Crippen MR) is 134 cm³/mol. The quantitative estimate of drug-likeness (QED) is 0.380. The Bertz CT molecular complexity index is 1230. The molecule has 4 N–H and O–H groups in total. The fraction of sp³-hybridized carbons (Fsp3) is 0.280. The van der Waals surface area contributed by atoms with Gasteiger partial charge in [0.15, 0.2) is 5.82 Å². The number of thiophene rings is 1. The van der Waals surface area contributed by atoms with Crippen molar-refractivity contribution in [1.29, 1.82) is 0 Å². The molecular formula is C25H28N6OS. The Balaban J connectivity index is 1.66. The minimum atomic E-state index is -0.350. The Labute approximate surface area is 197 Å². The minimum Gasteiger partial charge on any atom is -0.367 e. The molecule has 1 amide bonds. The summed E-state index contributed by atoms with van der Waals surface area (Å²) in [6, 6.07) is 13.8. The van der Waals surface area contributed by atoms with E-state index in [1.807, 2.05) is 56.5 Å². The van der Waals surface area contributed by atoms with Gasteiger partial charge in [0.05, 0.1) is 10.3 Å².